The SMILES string of the molecule is CCCC[C@H]1C(=O)N(C)[C@@H](CCCC)C(=O)N[C@@H](CCC(=O)O)C(=O)N[C@H](C(=O)NCC(N)=O)CSCC(=O)N[C@@H](Cc2ccc(O)cc2)C(=O)N(C)[C@@H](C)C(=O)N[C@@H](CC(=O)O)C(=O)N2CCC[C@H]2C(=O)N[C@@H](CO)C(=O)N[C@@H](CC(C)C)C(=O)N2C[C@H](O)C[C@H]2C(=O)C[C@@H](Cc2c[nH]c3ccccc23)C(=O)N[C@@H](CCN)C(=O)N[C@@H](Cc2c[nH]c3ccccc23)C(=O)N1C. The highest BCUT2D eigenvalue weighted by Crippen LogP contribution is 2.30. The van der Waals surface area contributed by atoms with E-state index >= 15 is 33.6 Å². The third-order valence-corrected chi connectivity index (χ3v) is 24.8. The molecule has 0 unspecified atom stereocenters. The standard InChI is InChI=1S/C89H124N18O23S/c1-9-11-22-68-83(124)97-60(29-30-75(114)115)80(121)102-67(79(120)94-43-73(91)112)46-131-47-74(113)95-63(35-50-25-27-54(109)28-26-50)85(126)103(6)49(5)77(118)98-65(40-76(116)117)87(128)106-33-17-24-69(106)84(125)101-66(45-108)82(123)99-62(34-48(3)4)88(129)107-44-55(110)39-71(107)72(111)38-51(36-52-41-92-58-20-15-13-18-56(52)58)78(119)96-61(31-32-90)81(122)100-64(37-53-42-93-59-21-16-14-19-57(53)59)86(127)105(8)70(23-12-10-2)89(130)104(68)7/h13-16,18-21,25-28,41-42,48-49,51,55,60-71,92-93,108-110H,9-12,17,22-24,29-40,43-47,90H2,1-8H3,(H2,91,112)(H,94,120)(H,95,113)(H,96,119)(H,97,124)(H,98,118)(H,99,123)(H,100,122)(H,101,125)(H,102,121)(H,114,115)(H,116,117)/t49-,51+,55+,60-,61-,62-,63-,64-,65-,66-,67-,68-,69-,70-,71-/m0/s1. The maximum Gasteiger partial charge on any atom is 0.305 e. The minimum Gasteiger partial charge on any atom is -0.508 e. The molecule has 0 saturated carbocycles. The molecule has 0 bridgehead atoms. The van der Waals surface area contributed by atoms with Gasteiger partial charge in [0.1, 0.15) is 78.3 Å². The highest BCUT2D eigenvalue weighted by atomic mass is 32.2. The van der Waals surface area contributed by atoms with Crippen molar-refractivity contribution in [2.24, 2.45) is 23.3 Å². The Morgan fingerprint density at radius 3 is 1.71 bits per heavy atom. The molecule has 3 fully saturated rings. The molecule has 714 valence electrons. The van der Waals surface area contributed by atoms with E-state index in [2.05, 4.69) is 57.8 Å². The summed E-state index contributed by atoms with van der Waals surface area (Å²) in [6.45, 7) is 5.56. The van der Waals surface area contributed by atoms with Crippen molar-refractivity contribution in [3.8, 4) is 5.75 Å². The molecule has 20 N–H and O–H groups in total. The van der Waals surface area contributed by atoms with Gasteiger partial charge in [0, 0.05) is 112 Å². The fourth-order valence-corrected chi connectivity index (χ4v) is 17.2. The molecule has 15 atom stereocenters. The number of unbranched alkanes of at least 4 members (excludes halogenated alkanes) is 2. The molecule has 0 spiro atoms. The highest BCUT2D eigenvalue weighted by molar-refractivity contribution is 8.00. The van der Waals surface area contributed by atoms with Gasteiger partial charge in [0.25, 0.3) is 0 Å². The van der Waals surface area contributed by atoms with Gasteiger partial charge in [0.15, 0.2) is 5.78 Å². The van der Waals surface area contributed by atoms with Gasteiger partial charge in [-0.3, -0.25) is 86.3 Å². The van der Waals surface area contributed by atoms with Gasteiger partial charge in [-0.15, -0.1) is 11.8 Å². The van der Waals surface area contributed by atoms with Gasteiger partial charge in [-0.1, -0.05) is 102 Å². The third-order valence-electron chi connectivity index (χ3n) is 23.7. The minimum atomic E-state index is -1.93. The fraction of sp³-hybridized carbons (Fsp3) is 0.551. The number of aliphatic hydroxyl groups excluding tert-OH is 2. The number of carbonyl (C=O) groups is 18. The first-order chi connectivity index (χ1) is 62.3. The lowest BCUT2D eigenvalue weighted by molar-refractivity contribution is -0.149. The number of hydrogen-bond donors (Lipinski definition) is 18. The number of hydrogen-bond acceptors (Lipinski definition) is 23. The van der Waals surface area contributed by atoms with E-state index in [1.807, 2.05) is 6.92 Å². The van der Waals surface area contributed by atoms with Crippen LogP contribution in [0.4, 0.5) is 0 Å². The molecule has 5 aromatic rings. The number of aromatic nitrogens is 2. The number of Topliss-reactive ketones (excluding diaryl/α,β-unsaturated/α-hetero) is 1. The number of carboxylic acid groups (broad SMARTS) is 2. The number of para-hydroxylation sites is 2. The molecule has 15 amide bonds. The van der Waals surface area contributed by atoms with Crippen LogP contribution in [0.15, 0.2) is 85.2 Å². The Labute approximate surface area is 761 Å². The third kappa shape index (κ3) is 29.0. The molecule has 3 aliphatic rings. The van der Waals surface area contributed by atoms with Crippen molar-refractivity contribution < 1.29 is 112 Å². The van der Waals surface area contributed by atoms with Gasteiger partial charge in [0.2, 0.25) is 88.6 Å². The number of aromatic amines is 2. The number of fused-ring (bicyclic) bond motifs is 4. The molecule has 0 radical (unpaired) electrons. The largest absolute Gasteiger partial charge is 0.508 e. The van der Waals surface area contributed by atoms with Crippen molar-refractivity contribution in [2.75, 3.05) is 65.4 Å². The second-order valence-corrected chi connectivity index (χ2v) is 35.0. The Balaban J connectivity index is 1.19. The van der Waals surface area contributed by atoms with E-state index in [0.29, 0.717) is 69.5 Å². The van der Waals surface area contributed by atoms with E-state index in [4.69, 9.17) is 11.5 Å². The predicted molar refractivity (Wildman–Crippen MR) is 478 cm³/mol. The van der Waals surface area contributed by atoms with Crippen LogP contribution < -0.4 is 59.3 Å². The first-order valence-electron chi connectivity index (χ1n) is 44.1. The number of thioether (sulfide) groups is 1. The smallest absolute Gasteiger partial charge is 0.305 e. The number of nitrogens with two attached hydrogens (primary N) is 2. The summed E-state index contributed by atoms with van der Waals surface area (Å²) < 4.78 is 0. The lowest BCUT2D eigenvalue weighted by Gasteiger charge is -2.36. The number of rotatable bonds is 25. The Bertz CT molecular complexity index is 4930. The number of nitrogens with one attached hydrogen (secondary N) is 11. The second-order valence-electron chi connectivity index (χ2n) is 34.0. The Kier molecular flexibility index (Phi) is 39.2. The Morgan fingerprint density at radius 2 is 1.11 bits per heavy atom. The van der Waals surface area contributed by atoms with E-state index in [1.165, 1.54) is 45.3 Å². The van der Waals surface area contributed by atoms with E-state index in [1.54, 1.807) is 81.7 Å². The van der Waals surface area contributed by atoms with Gasteiger partial charge in [-0.2, -0.15) is 0 Å². The molecule has 5 heterocycles. The molecule has 3 aliphatic heterocycles. The molecule has 131 heavy (non-hydrogen) atoms. The topological polar surface area (TPSA) is 616 Å². The zero-order chi connectivity index (χ0) is 96.2. The van der Waals surface area contributed by atoms with Gasteiger partial charge >= 0.3 is 11.9 Å². The summed E-state index contributed by atoms with van der Waals surface area (Å²) >= 11 is 0.698. The minimum absolute atomic E-state index is 0.0197. The maximum absolute atomic E-state index is 15.8. The van der Waals surface area contributed by atoms with E-state index < -0.39 is 254 Å². The molecule has 3 saturated heterocycles. The molecular weight excluding hydrogens is 1720 g/mol. The second kappa shape index (κ2) is 49.4. The number of amides is 15. The normalized spacial score (nSPS) is 25.3. The van der Waals surface area contributed by atoms with Gasteiger partial charge in [0.05, 0.1) is 37.5 Å². The predicted octanol–water partition coefficient (Wildman–Crippen LogP) is -1.25. The highest BCUT2D eigenvalue weighted by Gasteiger charge is 2.47. The number of aliphatic carboxylic acids is 2. The summed E-state index contributed by atoms with van der Waals surface area (Å²) in [7, 11) is 3.81. The lowest BCUT2D eigenvalue weighted by atomic mass is 9.90. The zero-order valence-corrected chi connectivity index (χ0v) is 75.7. The number of benzene rings is 3. The number of aromatic hydroxyl groups is 1. The van der Waals surface area contributed by atoms with Gasteiger partial charge in [-0.05, 0) is 112 Å². The van der Waals surface area contributed by atoms with Crippen molar-refractivity contribution >= 4 is 140 Å². The number of carbonyl (C=O) groups excluding carboxylic acids is 16. The lowest BCUT2D eigenvalue weighted by Crippen LogP contribution is -2.60. The molecule has 2 aromatic heterocycles. The van der Waals surface area contributed by atoms with Crippen molar-refractivity contribution in [1.82, 2.24) is 82.3 Å². The monoisotopic (exact) mass is 1840 g/mol. The summed E-state index contributed by atoms with van der Waals surface area (Å²) in [4.78, 5) is 272. The van der Waals surface area contributed by atoms with Gasteiger partial charge in [-0.25, -0.2) is 0 Å². The first kappa shape index (κ1) is 104. The van der Waals surface area contributed by atoms with Crippen LogP contribution in [0.25, 0.3) is 21.8 Å². The van der Waals surface area contributed by atoms with Crippen molar-refractivity contribution in [3.05, 3.63) is 102 Å². The van der Waals surface area contributed by atoms with Crippen LogP contribution in [0.3, 0.4) is 0 Å². The van der Waals surface area contributed by atoms with Crippen LogP contribution in [-0.2, 0) is 106 Å². The van der Waals surface area contributed by atoms with E-state index in [-0.39, 0.29) is 95.4 Å². The number of H-pyrrole nitrogens is 2. The number of ketones is 1. The van der Waals surface area contributed by atoms with Crippen LogP contribution in [-0.4, -0.2) is 316 Å². The van der Waals surface area contributed by atoms with Crippen LogP contribution in [0, 0.1) is 11.8 Å². The van der Waals surface area contributed by atoms with Crippen molar-refractivity contribution in [2.45, 2.75) is 235 Å². The first-order valence-corrected chi connectivity index (χ1v) is 45.2. The molecule has 3 aromatic carbocycles. The van der Waals surface area contributed by atoms with E-state index in [9.17, 15) is 78.3 Å². The number of nitrogens with zero attached hydrogens (tertiary/aromatic N) is 5. The summed E-state index contributed by atoms with van der Waals surface area (Å²) in [5.74, 6) is -21.4. The number of aliphatic hydroxyl groups is 2. The quantitative estimate of drug-likeness (QED) is 0.0324. The molecule has 42 heteroatoms. The number of likely N-dealkylation sites (N-methyl/N-ethyl adjacent to an activating group) is 3. The van der Waals surface area contributed by atoms with Gasteiger partial charge < -0.3 is 119 Å². The van der Waals surface area contributed by atoms with E-state index in [0.717, 1.165) is 31.5 Å². The van der Waals surface area contributed by atoms with Crippen molar-refractivity contribution in [1.29, 1.82) is 0 Å². The van der Waals surface area contributed by atoms with Crippen LogP contribution in [0.1, 0.15) is 148 Å². The number of carboxylic acids is 2. The molecule has 8 rings (SSSR count). The Hall–Kier alpha value is -12.6. The van der Waals surface area contributed by atoms with Crippen LogP contribution in [0.5, 0.6) is 5.75 Å². The molecule has 41 nitrogen and oxygen atoms in total. The van der Waals surface area contributed by atoms with Crippen LogP contribution >= 0.6 is 11.8 Å². The summed E-state index contributed by atoms with van der Waals surface area (Å²) in [5.41, 5.74) is 14.4. The van der Waals surface area contributed by atoms with Crippen LogP contribution in [0.2, 0.25) is 0 Å². The maximum atomic E-state index is 15.8. The molecule has 0 aliphatic carbocycles. The summed E-state index contributed by atoms with van der Waals surface area (Å²) in [5, 5.41) is 76.9. The fourth-order valence-electron chi connectivity index (χ4n) is 16.4. The molecular formula is C89H124N18O23S. The average molecular weight is 1850 g/mol. The number of phenolic OH excluding ortho intramolecular Hbond substituents is 1. The Morgan fingerprint density at radius 1 is 0.565 bits per heavy atom. The van der Waals surface area contributed by atoms with Crippen molar-refractivity contribution in [3.63, 3.8) is 0 Å². The zero-order valence-electron chi connectivity index (χ0n) is 74.9. The summed E-state index contributed by atoms with van der Waals surface area (Å²) in [6.07, 6.45) is -1.06. The average Bonchev–Trinajstić information content (AvgIpc) is 1.50. The number of primary amides is 1. The summed E-state index contributed by atoms with van der Waals surface area (Å²) in [6, 6.07) is -1.11. The number of phenols is 1.